The predicted molar refractivity (Wildman–Crippen MR) is 48.8 cm³/mol. The van der Waals surface area contributed by atoms with Gasteiger partial charge in [-0.05, 0) is 12.1 Å². The average molecular weight is 178 g/mol. The van der Waals surface area contributed by atoms with E-state index >= 15 is 0 Å². The van der Waals surface area contributed by atoms with E-state index in [1.165, 1.54) is 7.11 Å². The van der Waals surface area contributed by atoms with Gasteiger partial charge in [-0.3, -0.25) is 0 Å². The van der Waals surface area contributed by atoms with Crippen LogP contribution in [0.25, 0.3) is 11.4 Å². The molecule has 0 bridgehead atoms. The van der Waals surface area contributed by atoms with Crippen molar-refractivity contribution in [3.63, 3.8) is 0 Å². The maximum atomic E-state index is 9.36. The third kappa shape index (κ3) is 1.26. The molecule has 0 radical (unpaired) electrons. The van der Waals surface area contributed by atoms with Gasteiger partial charge < -0.3 is 19.8 Å². The molecule has 0 aliphatic heterocycles. The fraction of sp³-hybridized carbons (Fsp3) is 0.111. The van der Waals surface area contributed by atoms with Gasteiger partial charge in [-0.2, -0.15) is 0 Å². The zero-order valence-electron chi connectivity index (χ0n) is 7.16. The molecule has 13 heavy (non-hydrogen) atoms. The van der Waals surface area contributed by atoms with Crippen molar-refractivity contribution in [3.8, 4) is 23.0 Å². The molecule has 2 rings (SSSR count). The molecule has 4 nitrogen and oxygen atoms in total. The van der Waals surface area contributed by atoms with Crippen LogP contribution < -0.4 is 4.74 Å². The number of rotatable bonds is 2. The van der Waals surface area contributed by atoms with E-state index in [1.54, 1.807) is 6.07 Å². The normalized spacial score (nSPS) is 10.2. The Kier molecular flexibility index (Phi) is 1.73. The molecule has 0 unspecified atom stereocenters. The summed E-state index contributed by atoms with van der Waals surface area (Å²) in [4.78, 5) is 5.95. The number of aromatic amines is 2. The minimum Gasteiger partial charge on any atom is -0.503 e. The molecule has 68 valence electrons. The van der Waals surface area contributed by atoms with Crippen LogP contribution in [0.3, 0.4) is 0 Å². The third-order valence-corrected chi connectivity index (χ3v) is 1.85. The minimum absolute atomic E-state index is 0.118. The van der Waals surface area contributed by atoms with E-state index in [4.69, 9.17) is 4.74 Å². The molecule has 0 saturated carbocycles. The molecule has 0 aromatic carbocycles. The molecular formula is C9H10N2O2. The highest BCUT2D eigenvalue weighted by Gasteiger charge is 2.08. The van der Waals surface area contributed by atoms with Gasteiger partial charge in [0.2, 0.25) is 5.88 Å². The lowest BCUT2D eigenvalue weighted by molar-refractivity contribution is 0.364. The van der Waals surface area contributed by atoms with Crippen molar-refractivity contribution < 1.29 is 9.84 Å². The molecule has 0 aliphatic carbocycles. The van der Waals surface area contributed by atoms with Crippen molar-refractivity contribution in [2.45, 2.75) is 0 Å². The van der Waals surface area contributed by atoms with Crippen molar-refractivity contribution in [1.82, 2.24) is 9.97 Å². The van der Waals surface area contributed by atoms with E-state index in [0.29, 0.717) is 5.88 Å². The second-order valence-corrected chi connectivity index (χ2v) is 2.69. The first-order chi connectivity index (χ1) is 6.31. The quantitative estimate of drug-likeness (QED) is 0.655. The van der Waals surface area contributed by atoms with E-state index in [2.05, 4.69) is 9.97 Å². The lowest BCUT2D eigenvalue weighted by Gasteiger charge is -1.94. The molecule has 3 N–H and O–H groups in total. The molecule has 0 saturated heterocycles. The summed E-state index contributed by atoms with van der Waals surface area (Å²) in [5, 5.41) is 9.36. The first-order valence-electron chi connectivity index (χ1n) is 3.91. The van der Waals surface area contributed by atoms with E-state index in [-0.39, 0.29) is 5.75 Å². The Bertz CT molecular complexity index is 390. The van der Waals surface area contributed by atoms with Gasteiger partial charge in [-0.15, -0.1) is 0 Å². The number of aromatic nitrogens is 2. The van der Waals surface area contributed by atoms with E-state index in [0.717, 1.165) is 11.4 Å². The number of ether oxygens (including phenoxy) is 1. The number of hydrogen-bond acceptors (Lipinski definition) is 2. The van der Waals surface area contributed by atoms with Gasteiger partial charge in [-0.1, -0.05) is 0 Å². The molecule has 4 heteroatoms. The van der Waals surface area contributed by atoms with Gasteiger partial charge >= 0.3 is 0 Å². The van der Waals surface area contributed by atoms with Crippen LogP contribution in [0.15, 0.2) is 24.4 Å². The monoisotopic (exact) mass is 178 g/mol. The Labute approximate surface area is 75.2 Å². The summed E-state index contributed by atoms with van der Waals surface area (Å²) >= 11 is 0. The molecule has 0 aliphatic rings. The van der Waals surface area contributed by atoms with Gasteiger partial charge in [0, 0.05) is 12.3 Å². The van der Waals surface area contributed by atoms with Crippen LogP contribution in [0.1, 0.15) is 0 Å². The van der Waals surface area contributed by atoms with Crippen molar-refractivity contribution in [2.24, 2.45) is 0 Å². The molecule has 2 aromatic rings. The molecule has 2 aromatic heterocycles. The minimum atomic E-state index is 0.118. The Hall–Kier alpha value is -1.84. The topological polar surface area (TPSA) is 61.0 Å². The number of H-pyrrole nitrogens is 2. The summed E-state index contributed by atoms with van der Waals surface area (Å²) in [7, 11) is 1.50. The predicted octanol–water partition coefficient (Wildman–Crippen LogP) is 1.72. The first kappa shape index (κ1) is 7.79. The highest BCUT2D eigenvalue weighted by atomic mass is 16.5. The Morgan fingerprint density at radius 2 is 2.23 bits per heavy atom. The Morgan fingerprint density at radius 1 is 1.38 bits per heavy atom. The van der Waals surface area contributed by atoms with Crippen molar-refractivity contribution in [1.29, 1.82) is 0 Å². The van der Waals surface area contributed by atoms with Crippen LogP contribution in [-0.2, 0) is 0 Å². The number of hydrogen-bond donors (Lipinski definition) is 3. The van der Waals surface area contributed by atoms with E-state index < -0.39 is 0 Å². The molecular weight excluding hydrogens is 168 g/mol. The van der Waals surface area contributed by atoms with Gasteiger partial charge in [-0.25, -0.2) is 0 Å². The highest BCUT2D eigenvalue weighted by Crippen LogP contribution is 2.30. The van der Waals surface area contributed by atoms with Crippen LogP contribution in [0, 0.1) is 0 Å². The SMILES string of the molecule is COc1[nH]c(-c2ccc[nH]2)cc1O. The lowest BCUT2D eigenvalue weighted by atomic mass is 10.3. The van der Waals surface area contributed by atoms with Crippen LogP contribution in [-0.4, -0.2) is 22.2 Å². The second kappa shape index (κ2) is 2.90. The number of nitrogens with one attached hydrogen (secondary N) is 2. The molecule has 0 fully saturated rings. The summed E-state index contributed by atoms with van der Waals surface area (Å²) in [6.07, 6.45) is 1.82. The molecule has 2 heterocycles. The third-order valence-electron chi connectivity index (χ3n) is 1.85. The summed E-state index contributed by atoms with van der Waals surface area (Å²) < 4.78 is 4.90. The summed E-state index contributed by atoms with van der Waals surface area (Å²) in [6, 6.07) is 5.41. The standard InChI is InChI=1S/C9H10N2O2/c1-13-9-8(12)5-7(11-9)6-3-2-4-10-6/h2-5,10-12H,1H3. The number of methoxy groups -OCH3 is 1. The Morgan fingerprint density at radius 3 is 2.77 bits per heavy atom. The van der Waals surface area contributed by atoms with Gasteiger partial charge in [0.25, 0.3) is 0 Å². The van der Waals surface area contributed by atoms with Crippen LogP contribution in [0.2, 0.25) is 0 Å². The highest BCUT2D eigenvalue weighted by molar-refractivity contribution is 5.60. The fourth-order valence-corrected chi connectivity index (χ4v) is 1.22. The lowest BCUT2D eigenvalue weighted by Crippen LogP contribution is -1.82. The summed E-state index contributed by atoms with van der Waals surface area (Å²) in [5.41, 5.74) is 1.72. The smallest absolute Gasteiger partial charge is 0.234 e. The second-order valence-electron chi connectivity index (χ2n) is 2.69. The number of aromatic hydroxyl groups is 1. The van der Waals surface area contributed by atoms with Crippen LogP contribution in [0.4, 0.5) is 0 Å². The van der Waals surface area contributed by atoms with E-state index in [1.807, 2.05) is 18.3 Å². The van der Waals surface area contributed by atoms with Gasteiger partial charge in [0.15, 0.2) is 5.75 Å². The first-order valence-corrected chi connectivity index (χ1v) is 3.91. The van der Waals surface area contributed by atoms with Crippen molar-refractivity contribution >= 4 is 0 Å². The van der Waals surface area contributed by atoms with E-state index in [9.17, 15) is 5.11 Å². The molecule has 0 amide bonds. The van der Waals surface area contributed by atoms with Gasteiger partial charge in [0.05, 0.1) is 18.5 Å². The van der Waals surface area contributed by atoms with Crippen LogP contribution >= 0.6 is 0 Å². The molecule has 0 atom stereocenters. The summed E-state index contributed by atoms with van der Waals surface area (Å²) in [5.74, 6) is 0.497. The van der Waals surface area contributed by atoms with Crippen molar-refractivity contribution in [3.05, 3.63) is 24.4 Å². The zero-order valence-corrected chi connectivity index (χ0v) is 7.16. The Balaban J connectivity index is 2.43. The average Bonchev–Trinajstić information content (AvgIpc) is 2.71. The summed E-state index contributed by atoms with van der Waals surface area (Å²) in [6.45, 7) is 0. The maximum Gasteiger partial charge on any atom is 0.234 e. The maximum absolute atomic E-state index is 9.36. The van der Waals surface area contributed by atoms with Crippen molar-refractivity contribution in [2.75, 3.05) is 7.11 Å². The largest absolute Gasteiger partial charge is 0.503 e. The molecule has 0 spiro atoms. The van der Waals surface area contributed by atoms with Gasteiger partial charge in [0.1, 0.15) is 0 Å². The zero-order chi connectivity index (χ0) is 9.26. The van der Waals surface area contributed by atoms with Crippen LogP contribution in [0.5, 0.6) is 11.6 Å². The fourth-order valence-electron chi connectivity index (χ4n) is 1.22.